The zero-order chi connectivity index (χ0) is 18.7. The molecule has 0 saturated heterocycles. The lowest BCUT2D eigenvalue weighted by atomic mass is 9.54. The highest BCUT2D eigenvalue weighted by molar-refractivity contribution is 6.30. The van der Waals surface area contributed by atoms with Gasteiger partial charge in [0, 0.05) is 11.1 Å². The molecule has 2 bridgehead atoms. The van der Waals surface area contributed by atoms with Crippen LogP contribution in [-0.2, 0) is 10.3 Å². The molecule has 0 atom stereocenters. The molecule has 0 radical (unpaired) electrons. The number of alkyl carbamates (subject to hydrolysis) is 1. The number of nitrogens with one attached hydrogen (secondary N) is 1. The summed E-state index contributed by atoms with van der Waals surface area (Å²) < 4.78 is 7.58. The highest BCUT2D eigenvalue weighted by atomic mass is 35.5. The van der Waals surface area contributed by atoms with Gasteiger partial charge in [-0.25, -0.2) is 9.78 Å². The van der Waals surface area contributed by atoms with Crippen LogP contribution in [0.4, 0.5) is 4.79 Å². The van der Waals surface area contributed by atoms with Gasteiger partial charge < -0.3 is 14.6 Å². The fourth-order valence-corrected chi connectivity index (χ4v) is 4.72. The average molecular weight is 378 g/mol. The number of hydrogen-bond acceptors (Lipinski definition) is 5. The Morgan fingerprint density at radius 3 is 2.73 bits per heavy atom. The fourth-order valence-electron chi connectivity index (χ4n) is 4.59. The van der Waals surface area contributed by atoms with Crippen molar-refractivity contribution in [3.05, 3.63) is 17.0 Å². The first kappa shape index (κ1) is 17.5. The lowest BCUT2D eigenvalue weighted by Crippen LogP contribution is -2.68. The Hall–Kier alpha value is -1.89. The van der Waals surface area contributed by atoms with Crippen LogP contribution in [0.25, 0.3) is 11.2 Å². The van der Waals surface area contributed by atoms with Crippen LogP contribution in [0.5, 0.6) is 0 Å². The minimum absolute atomic E-state index is 0.0725. The smallest absolute Gasteiger partial charge is 0.408 e. The zero-order valence-corrected chi connectivity index (χ0v) is 16.4. The Bertz CT molecular complexity index is 880. The molecule has 3 saturated carbocycles. The zero-order valence-electron chi connectivity index (χ0n) is 15.6. The van der Waals surface area contributed by atoms with Gasteiger partial charge in [0.25, 0.3) is 0 Å². The maximum absolute atomic E-state index is 12.3. The highest BCUT2D eigenvalue weighted by Gasteiger charge is 2.59. The number of fused-ring (bicyclic) bond motifs is 3. The molecule has 26 heavy (non-hydrogen) atoms. The van der Waals surface area contributed by atoms with Crippen LogP contribution in [0.1, 0.15) is 58.4 Å². The molecule has 3 aliphatic carbocycles. The van der Waals surface area contributed by atoms with Crippen molar-refractivity contribution in [1.29, 1.82) is 0 Å². The minimum atomic E-state index is -0.497. The lowest BCUT2D eigenvalue weighted by molar-refractivity contribution is -0.0438. The molecule has 0 unspecified atom stereocenters. The summed E-state index contributed by atoms with van der Waals surface area (Å²) in [6, 6.07) is 0. The maximum Gasteiger partial charge on any atom is 0.408 e. The monoisotopic (exact) mass is 377 g/mol. The molecule has 3 aliphatic rings. The molecule has 0 aliphatic heterocycles. The van der Waals surface area contributed by atoms with E-state index in [4.69, 9.17) is 16.3 Å². The summed E-state index contributed by atoms with van der Waals surface area (Å²) in [5.74, 6) is 0. The first-order valence-electron chi connectivity index (χ1n) is 9.01. The summed E-state index contributed by atoms with van der Waals surface area (Å²) in [5, 5.41) is 11.8. The van der Waals surface area contributed by atoms with Gasteiger partial charge in [-0.15, -0.1) is 10.2 Å². The Morgan fingerprint density at radius 2 is 2.04 bits per heavy atom. The molecule has 140 valence electrons. The SMILES string of the molecule is Cc1c(Cl)nnc2c1ncn2C12CCCC(NC(=O)OC(C)(C)C)(C1)C2. The van der Waals surface area contributed by atoms with Crippen LogP contribution < -0.4 is 5.32 Å². The third-order valence-corrected chi connectivity index (χ3v) is 5.91. The summed E-state index contributed by atoms with van der Waals surface area (Å²) in [4.78, 5) is 16.8. The van der Waals surface area contributed by atoms with E-state index in [1.54, 1.807) is 0 Å². The molecule has 0 aromatic carbocycles. The Labute approximate surface area is 157 Å². The van der Waals surface area contributed by atoms with Crippen molar-refractivity contribution in [1.82, 2.24) is 25.1 Å². The van der Waals surface area contributed by atoms with Gasteiger partial charge >= 0.3 is 6.09 Å². The second-order valence-electron chi connectivity index (χ2n) is 8.74. The molecule has 1 N–H and O–H groups in total. The predicted octanol–water partition coefficient (Wildman–Crippen LogP) is 3.72. The molecular formula is C18H24ClN5O2. The summed E-state index contributed by atoms with van der Waals surface area (Å²) in [5.41, 5.74) is 1.63. The van der Waals surface area contributed by atoms with E-state index in [9.17, 15) is 4.79 Å². The van der Waals surface area contributed by atoms with Crippen LogP contribution >= 0.6 is 11.6 Å². The van der Waals surface area contributed by atoms with Gasteiger partial charge in [-0.2, -0.15) is 0 Å². The van der Waals surface area contributed by atoms with E-state index in [-0.39, 0.29) is 17.2 Å². The second kappa shape index (κ2) is 5.55. The highest BCUT2D eigenvalue weighted by Crippen LogP contribution is 2.57. The first-order chi connectivity index (χ1) is 12.1. The molecule has 8 heteroatoms. The van der Waals surface area contributed by atoms with Crippen molar-refractivity contribution in [2.75, 3.05) is 0 Å². The Kier molecular flexibility index (Phi) is 3.74. The molecule has 5 rings (SSSR count). The third kappa shape index (κ3) is 2.73. The topological polar surface area (TPSA) is 81.9 Å². The number of nitrogens with zero attached hydrogens (tertiary/aromatic N) is 4. The van der Waals surface area contributed by atoms with E-state index in [1.807, 2.05) is 34.0 Å². The van der Waals surface area contributed by atoms with Gasteiger partial charge in [-0.1, -0.05) is 11.6 Å². The van der Waals surface area contributed by atoms with E-state index < -0.39 is 5.60 Å². The number of carbonyl (C=O) groups is 1. The average Bonchev–Trinajstić information content (AvgIpc) is 2.93. The van der Waals surface area contributed by atoms with Crippen LogP contribution in [-0.4, -0.2) is 37.0 Å². The van der Waals surface area contributed by atoms with E-state index in [0.717, 1.165) is 48.8 Å². The van der Waals surface area contributed by atoms with Gasteiger partial charge in [-0.05, 0) is 59.8 Å². The van der Waals surface area contributed by atoms with Gasteiger partial charge in [0.05, 0.1) is 11.9 Å². The van der Waals surface area contributed by atoms with Crippen LogP contribution in [0.3, 0.4) is 0 Å². The normalized spacial score (nSPS) is 27.9. The van der Waals surface area contributed by atoms with Gasteiger partial charge in [0.1, 0.15) is 11.1 Å². The number of amides is 1. The lowest BCUT2D eigenvalue weighted by Gasteiger charge is -2.60. The number of hydrogen-bond donors (Lipinski definition) is 1. The van der Waals surface area contributed by atoms with Gasteiger partial charge in [-0.3, -0.25) is 0 Å². The second-order valence-corrected chi connectivity index (χ2v) is 9.10. The van der Waals surface area contributed by atoms with E-state index >= 15 is 0 Å². The number of aromatic nitrogens is 4. The number of carbonyl (C=O) groups excluding carboxylic acids is 1. The van der Waals surface area contributed by atoms with Crippen molar-refractivity contribution in [3.63, 3.8) is 0 Å². The minimum Gasteiger partial charge on any atom is -0.444 e. The first-order valence-corrected chi connectivity index (χ1v) is 9.39. The Balaban J connectivity index is 1.59. The van der Waals surface area contributed by atoms with Crippen molar-refractivity contribution in [3.8, 4) is 0 Å². The maximum atomic E-state index is 12.3. The molecule has 2 heterocycles. The van der Waals surface area contributed by atoms with E-state index in [1.165, 1.54) is 0 Å². The molecular weight excluding hydrogens is 354 g/mol. The summed E-state index contributed by atoms with van der Waals surface area (Å²) in [7, 11) is 0. The summed E-state index contributed by atoms with van der Waals surface area (Å²) in [6.45, 7) is 7.53. The van der Waals surface area contributed by atoms with Crippen LogP contribution in [0.2, 0.25) is 5.15 Å². The van der Waals surface area contributed by atoms with E-state index in [0.29, 0.717) is 5.15 Å². The standard InChI is InChI=1S/C18H24ClN5O2/c1-11-12-14(23-22-13(11)19)24(10-20-12)18-7-5-6-17(8-18,9-18)21-15(25)26-16(2,3)4/h10H,5-9H2,1-4H3,(H,21,25). The number of imidazole rings is 1. The molecule has 7 nitrogen and oxygen atoms in total. The molecule has 2 aromatic heterocycles. The third-order valence-electron chi connectivity index (χ3n) is 5.55. The van der Waals surface area contributed by atoms with E-state index in [2.05, 4.69) is 25.1 Å². The molecule has 2 aromatic rings. The number of rotatable bonds is 2. The number of halogens is 1. The summed E-state index contributed by atoms with van der Waals surface area (Å²) >= 11 is 6.08. The predicted molar refractivity (Wildman–Crippen MR) is 98.2 cm³/mol. The van der Waals surface area contributed by atoms with Gasteiger partial charge in [0.2, 0.25) is 0 Å². The van der Waals surface area contributed by atoms with Crippen LogP contribution in [0.15, 0.2) is 6.33 Å². The number of ether oxygens (including phenoxy) is 1. The van der Waals surface area contributed by atoms with Crippen molar-refractivity contribution in [2.45, 2.75) is 76.5 Å². The molecule has 0 spiro atoms. The van der Waals surface area contributed by atoms with Crippen molar-refractivity contribution < 1.29 is 9.53 Å². The Morgan fingerprint density at radius 1 is 1.31 bits per heavy atom. The molecule has 3 fully saturated rings. The quantitative estimate of drug-likeness (QED) is 0.862. The largest absolute Gasteiger partial charge is 0.444 e. The fraction of sp³-hybridized carbons (Fsp3) is 0.667. The number of aryl methyl sites for hydroxylation is 1. The van der Waals surface area contributed by atoms with Crippen molar-refractivity contribution in [2.24, 2.45) is 0 Å². The molecule has 1 amide bonds. The van der Waals surface area contributed by atoms with Gasteiger partial charge in [0.15, 0.2) is 10.8 Å². The summed E-state index contributed by atoms with van der Waals surface area (Å²) in [6.07, 6.45) is 6.26. The van der Waals surface area contributed by atoms with Crippen molar-refractivity contribution >= 4 is 28.9 Å². The van der Waals surface area contributed by atoms with Crippen LogP contribution in [0, 0.1) is 6.92 Å².